The van der Waals surface area contributed by atoms with Gasteiger partial charge in [0.1, 0.15) is 0 Å². The van der Waals surface area contributed by atoms with Gasteiger partial charge < -0.3 is 9.47 Å². The minimum absolute atomic E-state index is 0.168. The Balaban J connectivity index is 0.913. The van der Waals surface area contributed by atoms with Crippen LogP contribution < -0.4 is 4.90 Å². The molecule has 0 amide bonds. The fraction of sp³-hybridized carbons (Fsp3) is 0.0462. The first-order chi connectivity index (χ1) is 33.0. The Bertz CT molecular complexity index is 3880. The molecule has 0 fully saturated rings. The third-order valence-electron chi connectivity index (χ3n) is 14.4. The minimum atomic E-state index is -0.168. The summed E-state index contributed by atoms with van der Waals surface area (Å²) < 4.78 is 2.48. The Morgan fingerprint density at radius 2 is 0.881 bits per heavy atom. The zero-order valence-electron chi connectivity index (χ0n) is 37.5. The lowest BCUT2D eigenvalue weighted by atomic mass is 9.81. The van der Waals surface area contributed by atoms with Crippen molar-refractivity contribution in [1.29, 1.82) is 0 Å². The average Bonchev–Trinajstić information content (AvgIpc) is 3.84. The molecule has 0 saturated heterocycles. The number of anilines is 3. The molecule has 0 aliphatic heterocycles. The molecule has 1 heterocycles. The van der Waals surface area contributed by atoms with Crippen molar-refractivity contribution in [1.82, 2.24) is 4.57 Å². The van der Waals surface area contributed by atoms with Crippen LogP contribution >= 0.6 is 0 Å². The van der Waals surface area contributed by atoms with Crippen LogP contribution in [-0.2, 0) is 5.41 Å². The third kappa shape index (κ3) is 6.25. The van der Waals surface area contributed by atoms with E-state index in [0.717, 1.165) is 28.3 Å². The number of benzene rings is 11. The lowest BCUT2D eigenvalue weighted by Gasteiger charge is -2.28. The van der Waals surface area contributed by atoms with Crippen molar-refractivity contribution < 1.29 is 0 Å². The van der Waals surface area contributed by atoms with Crippen LogP contribution in [0.4, 0.5) is 17.1 Å². The molecule has 0 N–H and O–H groups in total. The maximum absolute atomic E-state index is 2.48. The minimum Gasteiger partial charge on any atom is -0.310 e. The molecule has 1 aliphatic rings. The van der Waals surface area contributed by atoms with Crippen LogP contribution in [0.3, 0.4) is 0 Å². The predicted octanol–water partition coefficient (Wildman–Crippen LogP) is 17.9. The second-order valence-corrected chi connectivity index (χ2v) is 18.5. The van der Waals surface area contributed by atoms with Gasteiger partial charge in [0.15, 0.2) is 0 Å². The zero-order valence-corrected chi connectivity index (χ0v) is 37.5. The zero-order chi connectivity index (χ0) is 44.6. The molecule has 0 unspecified atom stereocenters. The Morgan fingerprint density at radius 3 is 1.69 bits per heavy atom. The highest BCUT2D eigenvalue weighted by Gasteiger charge is 2.36. The number of hydrogen-bond acceptors (Lipinski definition) is 1. The normalized spacial score (nSPS) is 12.7. The van der Waals surface area contributed by atoms with Crippen LogP contribution in [0.1, 0.15) is 25.0 Å². The van der Waals surface area contributed by atoms with Crippen molar-refractivity contribution in [2.45, 2.75) is 19.3 Å². The lowest BCUT2D eigenvalue weighted by molar-refractivity contribution is 0.660. The molecule has 11 aromatic carbocycles. The van der Waals surface area contributed by atoms with E-state index in [1.807, 2.05) is 0 Å². The van der Waals surface area contributed by atoms with Gasteiger partial charge in [0.25, 0.3) is 0 Å². The number of fused-ring (bicyclic) bond motifs is 9. The molecule has 0 radical (unpaired) electrons. The number of hydrogen-bond donors (Lipinski definition) is 0. The van der Waals surface area contributed by atoms with Crippen molar-refractivity contribution in [3.05, 3.63) is 254 Å². The molecule has 0 atom stereocenters. The van der Waals surface area contributed by atoms with E-state index >= 15 is 0 Å². The standard InChI is InChI=1S/C65H46N2/c1-65(2)60-40-45(43-17-5-3-6-18-43)31-36-55(60)56-38-35-50(42-61(56)65)66(48-20-7-4-8-21-48)49-33-29-44(30-34-49)52-23-13-15-27-62(52)67-63-28-16-14-26-57(63)58-37-32-47(41-64(58)67)59-39-46-19-9-10-22-51(46)53-24-11-12-25-54(53)59/h3-42H,1-2H3. The molecule has 0 bridgehead atoms. The number of rotatable bonds is 7. The molecule has 13 rings (SSSR count). The first-order valence-corrected chi connectivity index (χ1v) is 23.3. The second kappa shape index (κ2) is 15.3. The van der Waals surface area contributed by atoms with Crippen LogP contribution in [0.15, 0.2) is 243 Å². The van der Waals surface area contributed by atoms with Gasteiger partial charge in [-0.05, 0) is 138 Å². The van der Waals surface area contributed by atoms with Gasteiger partial charge in [-0.1, -0.05) is 190 Å². The van der Waals surface area contributed by atoms with E-state index in [0.29, 0.717) is 0 Å². The van der Waals surface area contributed by atoms with Crippen LogP contribution in [0, 0.1) is 0 Å². The van der Waals surface area contributed by atoms with Gasteiger partial charge >= 0.3 is 0 Å². The van der Waals surface area contributed by atoms with E-state index < -0.39 is 0 Å². The van der Waals surface area contributed by atoms with Crippen LogP contribution in [-0.4, -0.2) is 4.57 Å². The summed E-state index contributed by atoms with van der Waals surface area (Å²) in [5, 5.41) is 7.56. The van der Waals surface area contributed by atoms with Crippen molar-refractivity contribution in [2.75, 3.05) is 4.90 Å². The first kappa shape index (κ1) is 39.0. The van der Waals surface area contributed by atoms with Gasteiger partial charge in [0.05, 0.1) is 16.7 Å². The summed E-state index contributed by atoms with van der Waals surface area (Å²) in [5.41, 5.74) is 19.4. The summed E-state index contributed by atoms with van der Waals surface area (Å²) in [7, 11) is 0. The molecule has 67 heavy (non-hydrogen) atoms. The molecule has 1 aromatic heterocycles. The van der Waals surface area contributed by atoms with Crippen molar-refractivity contribution in [2.24, 2.45) is 0 Å². The van der Waals surface area contributed by atoms with Gasteiger partial charge in [-0.2, -0.15) is 0 Å². The smallest absolute Gasteiger partial charge is 0.0547 e. The molecule has 0 saturated carbocycles. The second-order valence-electron chi connectivity index (χ2n) is 18.5. The van der Waals surface area contributed by atoms with E-state index in [1.165, 1.54) is 93.4 Å². The number of aromatic nitrogens is 1. The molecular formula is C65H46N2. The Morgan fingerprint density at radius 1 is 0.313 bits per heavy atom. The summed E-state index contributed by atoms with van der Waals surface area (Å²) in [4.78, 5) is 2.40. The Labute approximate surface area is 391 Å². The number of para-hydroxylation sites is 3. The maximum atomic E-state index is 2.48. The van der Waals surface area contributed by atoms with Gasteiger partial charge in [-0.3, -0.25) is 0 Å². The topological polar surface area (TPSA) is 8.17 Å². The molecule has 0 spiro atoms. The summed E-state index contributed by atoms with van der Waals surface area (Å²) in [6, 6.07) is 89.4. The highest BCUT2D eigenvalue weighted by atomic mass is 15.1. The van der Waals surface area contributed by atoms with Crippen molar-refractivity contribution in [3.8, 4) is 50.2 Å². The molecule has 2 nitrogen and oxygen atoms in total. The van der Waals surface area contributed by atoms with Crippen molar-refractivity contribution in [3.63, 3.8) is 0 Å². The maximum Gasteiger partial charge on any atom is 0.0547 e. The summed E-state index contributed by atoms with van der Waals surface area (Å²) in [5.74, 6) is 0. The third-order valence-corrected chi connectivity index (χ3v) is 14.4. The fourth-order valence-corrected chi connectivity index (χ4v) is 11.1. The lowest BCUT2D eigenvalue weighted by Crippen LogP contribution is -2.16. The molecule has 12 aromatic rings. The predicted molar refractivity (Wildman–Crippen MR) is 284 cm³/mol. The fourth-order valence-electron chi connectivity index (χ4n) is 11.1. The quantitative estimate of drug-likeness (QED) is 0.145. The van der Waals surface area contributed by atoms with Crippen LogP contribution in [0.25, 0.3) is 93.5 Å². The van der Waals surface area contributed by atoms with E-state index in [9.17, 15) is 0 Å². The number of nitrogens with zero attached hydrogens (tertiary/aromatic N) is 2. The van der Waals surface area contributed by atoms with Crippen molar-refractivity contribution >= 4 is 60.4 Å². The van der Waals surface area contributed by atoms with Gasteiger partial charge in [-0.25, -0.2) is 0 Å². The molecular weight excluding hydrogens is 809 g/mol. The van der Waals surface area contributed by atoms with Gasteiger partial charge in [0, 0.05) is 38.8 Å². The van der Waals surface area contributed by atoms with E-state index in [4.69, 9.17) is 0 Å². The molecule has 1 aliphatic carbocycles. The highest BCUT2D eigenvalue weighted by molar-refractivity contribution is 6.16. The van der Waals surface area contributed by atoms with Gasteiger partial charge in [-0.15, -0.1) is 0 Å². The van der Waals surface area contributed by atoms with E-state index in [1.54, 1.807) is 0 Å². The van der Waals surface area contributed by atoms with E-state index in [2.05, 4.69) is 266 Å². The van der Waals surface area contributed by atoms with Crippen LogP contribution in [0.5, 0.6) is 0 Å². The largest absolute Gasteiger partial charge is 0.310 e. The first-order valence-electron chi connectivity index (χ1n) is 23.3. The van der Waals surface area contributed by atoms with Crippen LogP contribution in [0.2, 0.25) is 0 Å². The average molecular weight is 855 g/mol. The van der Waals surface area contributed by atoms with Gasteiger partial charge in [0.2, 0.25) is 0 Å². The molecule has 2 heteroatoms. The summed E-state index contributed by atoms with van der Waals surface area (Å²) in [6.07, 6.45) is 0. The Hall–Kier alpha value is -8.46. The Kier molecular flexibility index (Phi) is 8.91. The highest BCUT2D eigenvalue weighted by Crippen LogP contribution is 2.52. The summed E-state index contributed by atoms with van der Waals surface area (Å²) >= 11 is 0. The molecule has 316 valence electrons. The monoisotopic (exact) mass is 854 g/mol. The summed E-state index contributed by atoms with van der Waals surface area (Å²) in [6.45, 7) is 4.75. The van der Waals surface area contributed by atoms with E-state index in [-0.39, 0.29) is 5.41 Å². The SMILES string of the molecule is CC1(C)c2cc(-c3ccccc3)ccc2-c2ccc(N(c3ccccc3)c3ccc(-c4ccccc4-n4c5ccccc5c5ccc(-c6cc7ccccc7c7ccccc67)cc54)cc3)cc21.